The third kappa shape index (κ3) is 12.6. The van der Waals surface area contributed by atoms with Crippen LogP contribution in [0.1, 0.15) is 18.4 Å². The molecule has 1 saturated heterocycles. The molecule has 1 amide bonds. The maximum atomic E-state index is 9.43. The average molecular weight is 237 g/mol. The molecule has 0 saturated carbocycles. The standard InChI is InChI=1S/C7H8.C4H8O.C3H7NO/c1-7-5-3-2-4-6-7;1-2-4-5-3-1;1-4(2)3-5/h2-6H,1H3;1-4H2;3H,1-2H3. The number of carbonyl (C=O) groups is 1. The number of hydrogen-bond donors (Lipinski definition) is 0. The van der Waals surface area contributed by atoms with Crippen molar-refractivity contribution in [2.75, 3.05) is 27.3 Å². The van der Waals surface area contributed by atoms with Crippen LogP contribution >= 0.6 is 0 Å². The summed E-state index contributed by atoms with van der Waals surface area (Å²) in [5.41, 5.74) is 1.32. The van der Waals surface area contributed by atoms with E-state index in [2.05, 4.69) is 19.1 Å². The molecule has 0 spiro atoms. The number of amides is 1. The maximum Gasteiger partial charge on any atom is 0.209 e. The molecule has 0 aliphatic carbocycles. The maximum absolute atomic E-state index is 9.43. The van der Waals surface area contributed by atoms with Gasteiger partial charge in [-0.25, -0.2) is 0 Å². The van der Waals surface area contributed by atoms with Crippen LogP contribution in [0, 0.1) is 6.92 Å². The summed E-state index contributed by atoms with van der Waals surface area (Å²) < 4.78 is 4.94. The first-order chi connectivity index (χ1) is 8.16. The quantitative estimate of drug-likeness (QED) is 0.702. The van der Waals surface area contributed by atoms with E-state index in [1.54, 1.807) is 14.1 Å². The molecular weight excluding hydrogens is 214 g/mol. The van der Waals surface area contributed by atoms with Crippen LogP contribution in [0.3, 0.4) is 0 Å². The van der Waals surface area contributed by atoms with Crippen LogP contribution in [0.4, 0.5) is 0 Å². The molecule has 0 atom stereocenters. The van der Waals surface area contributed by atoms with Crippen LogP contribution < -0.4 is 0 Å². The van der Waals surface area contributed by atoms with E-state index in [0.717, 1.165) is 19.6 Å². The zero-order chi connectivity index (χ0) is 12.9. The van der Waals surface area contributed by atoms with Crippen molar-refractivity contribution in [2.45, 2.75) is 19.8 Å². The van der Waals surface area contributed by atoms with Crippen LogP contribution in [0.15, 0.2) is 30.3 Å². The Bertz CT molecular complexity index is 261. The van der Waals surface area contributed by atoms with Gasteiger partial charge in [0.15, 0.2) is 0 Å². The molecule has 1 aromatic rings. The molecule has 1 aliphatic heterocycles. The molecule has 0 aromatic heterocycles. The van der Waals surface area contributed by atoms with Crippen LogP contribution in [-0.4, -0.2) is 38.6 Å². The number of carbonyl (C=O) groups excluding carboxylic acids is 1. The molecule has 1 fully saturated rings. The minimum Gasteiger partial charge on any atom is -0.381 e. The van der Waals surface area contributed by atoms with Crippen LogP contribution in [0.25, 0.3) is 0 Å². The Hall–Kier alpha value is -1.35. The van der Waals surface area contributed by atoms with Gasteiger partial charge in [0.25, 0.3) is 0 Å². The number of benzene rings is 1. The smallest absolute Gasteiger partial charge is 0.209 e. The lowest BCUT2D eigenvalue weighted by molar-refractivity contribution is -0.115. The van der Waals surface area contributed by atoms with E-state index in [0.29, 0.717) is 0 Å². The highest BCUT2D eigenvalue weighted by atomic mass is 16.5. The van der Waals surface area contributed by atoms with Crippen molar-refractivity contribution in [1.29, 1.82) is 0 Å². The first-order valence-electron chi connectivity index (χ1n) is 5.88. The Balaban J connectivity index is 0.000000232. The molecule has 3 nitrogen and oxygen atoms in total. The Kier molecular flexibility index (Phi) is 10.3. The van der Waals surface area contributed by atoms with E-state index in [1.807, 2.05) is 18.2 Å². The Morgan fingerprint density at radius 1 is 1.12 bits per heavy atom. The van der Waals surface area contributed by atoms with Crippen molar-refractivity contribution in [3.05, 3.63) is 35.9 Å². The summed E-state index contributed by atoms with van der Waals surface area (Å²) >= 11 is 0. The monoisotopic (exact) mass is 237 g/mol. The zero-order valence-corrected chi connectivity index (χ0v) is 11.1. The Labute approximate surface area is 104 Å². The van der Waals surface area contributed by atoms with E-state index in [-0.39, 0.29) is 0 Å². The van der Waals surface area contributed by atoms with E-state index in [1.165, 1.54) is 23.3 Å². The van der Waals surface area contributed by atoms with Gasteiger partial charge in [0, 0.05) is 27.3 Å². The fourth-order valence-electron chi connectivity index (χ4n) is 1.04. The van der Waals surface area contributed by atoms with Gasteiger partial charge >= 0.3 is 0 Å². The SMILES string of the molecule is C1CCOC1.CN(C)C=O.Cc1ccccc1. The molecule has 0 radical (unpaired) electrons. The molecule has 96 valence electrons. The summed E-state index contributed by atoms with van der Waals surface area (Å²) in [6.45, 7) is 4.08. The molecule has 1 aliphatic rings. The number of ether oxygens (including phenoxy) is 1. The van der Waals surface area contributed by atoms with Crippen molar-refractivity contribution in [3.63, 3.8) is 0 Å². The Morgan fingerprint density at radius 2 is 1.59 bits per heavy atom. The second kappa shape index (κ2) is 11.1. The van der Waals surface area contributed by atoms with Gasteiger partial charge in [-0.2, -0.15) is 0 Å². The molecule has 0 bridgehead atoms. The highest BCUT2D eigenvalue weighted by Gasteiger charge is 1.94. The molecule has 3 heteroatoms. The first kappa shape index (κ1) is 15.7. The third-order valence-corrected chi connectivity index (χ3v) is 1.98. The van der Waals surface area contributed by atoms with Crippen LogP contribution in [-0.2, 0) is 9.53 Å². The average Bonchev–Trinajstić information content (AvgIpc) is 2.89. The molecule has 17 heavy (non-hydrogen) atoms. The van der Waals surface area contributed by atoms with Gasteiger partial charge < -0.3 is 9.64 Å². The van der Waals surface area contributed by atoms with Crippen LogP contribution in [0.2, 0.25) is 0 Å². The minimum atomic E-state index is 0.750. The lowest BCUT2D eigenvalue weighted by Gasteiger charge is -1.93. The molecule has 1 aromatic carbocycles. The lowest BCUT2D eigenvalue weighted by Crippen LogP contribution is -2.06. The second-order valence-electron chi connectivity index (χ2n) is 4.04. The second-order valence-corrected chi connectivity index (χ2v) is 4.04. The Morgan fingerprint density at radius 3 is 1.76 bits per heavy atom. The minimum absolute atomic E-state index is 0.750. The first-order valence-corrected chi connectivity index (χ1v) is 5.88. The third-order valence-electron chi connectivity index (χ3n) is 1.98. The van der Waals surface area contributed by atoms with Gasteiger partial charge in [0.05, 0.1) is 0 Å². The van der Waals surface area contributed by atoms with Gasteiger partial charge in [-0.15, -0.1) is 0 Å². The van der Waals surface area contributed by atoms with Crippen molar-refractivity contribution >= 4 is 6.41 Å². The predicted octanol–water partition coefficient (Wildman–Crippen LogP) is 2.50. The molecule has 1 heterocycles. The van der Waals surface area contributed by atoms with Gasteiger partial charge in [-0.3, -0.25) is 4.79 Å². The highest BCUT2D eigenvalue weighted by Crippen LogP contribution is 1.98. The van der Waals surface area contributed by atoms with Gasteiger partial charge in [-0.1, -0.05) is 35.9 Å². The van der Waals surface area contributed by atoms with Crippen molar-refractivity contribution < 1.29 is 9.53 Å². The van der Waals surface area contributed by atoms with Crippen LogP contribution in [0.5, 0.6) is 0 Å². The van der Waals surface area contributed by atoms with Crippen molar-refractivity contribution in [3.8, 4) is 0 Å². The van der Waals surface area contributed by atoms with Crippen molar-refractivity contribution in [2.24, 2.45) is 0 Å². The lowest BCUT2D eigenvalue weighted by atomic mass is 10.2. The topological polar surface area (TPSA) is 29.5 Å². The van der Waals surface area contributed by atoms with E-state index in [9.17, 15) is 4.79 Å². The summed E-state index contributed by atoms with van der Waals surface area (Å²) in [6, 6.07) is 10.3. The summed E-state index contributed by atoms with van der Waals surface area (Å²) in [5.74, 6) is 0. The van der Waals surface area contributed by atoms with Gasteiger partial charge in [0.2, 0.25) is 6.41 Å². The van der Waals surface area contributed by atoms with Gasteiger partial charge in [-0.05, 0) is 19.8 Å². The molecule has 0 N–H and O–H groups in total. The van der Waals surface area contributed by atoms with Crippen molar-refractivity contribution in [1.82, 2.24) is 4.90 Å². The highest BCUT2D eigenvalue weighted by molar-refractivity contribution is 5.45. The van der Waals surface area contributed by atoms with E-state index in [4.69, 9.17) is 4.74 Å². The fraction of sp³-hybridized carbons (Fsp3) is 0.500. The largest absolute Gasteiger partial charge is 0.381 e. The number of hydrogen-bond acceptors (Lipinski definition) is 2. The molecular formula is C14H23NO2. The summed E-state index contributed by atoms with van der Waals surface area (Å²) in [5, 5.41) is 0. The predicted molar refractivity (Wildman–Crippen MR) is 71.0 cm³/mol. The summed E-state index contributed by atoms with van der Waals surface area (Å²) in [4.78, 5) is 10.9. The zero-order valence-electron chi connectivity index (χ0n) is 11.1. The number of aryl methyl sites for hydroxylation is 1. The number of rotatable bonds is 1. The molecule has 0 unspecified atom stereocenters. The summed E-state index contributed by atoms with van der Waals surface area (Å²) in [6.07, 6.45) is 3.31. The fourth-order valence-corrected chi connectivity index (χ4v) is 1.04. The normalized spacial score (nSPS) is 12.6. The van der Waals surface area contributed by atoms with E-state index >= 15 is 0 Å². The van der Waals surface area contributed by atoms with E-state index < -0.39 is 0 Å². The molecule has 2 rings (SSSR count). The number of nitrogens with zero attached hydrogens (tertiary/aromatic N) is 1. The van der Waals surface area contributed by atoms with Gasteiger partial charge in [0.1, 0.15) is 0 Å². The summed E-state index contributed by atoms with van der Waals surface area (Å²) in [7, 11) is 3.38.